The Balaban J connectivity index is 1.71. The summed E-state index contributed by atoms with van der Waals surface area (Å²) in [6.45, 7) is 2.17. The van der Waals surface area contributed by atoms with Crippen molar-refractivity contribution in [3.8, 4) is 0 Å². The molecule has 1 N–H and O–H groups in total. The maximum absolute atomic E-state index is 12.2. The highest BCUT2D eigenvalue weighted by Gasteiger charge is 2.20. The Kier molecular flexibility index (Phi) is 3.33. The van der Waals surface area contributed by atoms with Gasteiger partial charge in [0.25, 0.3) is 5.91 Å². The molecule has 6 heteroatoms. The van der Waals surface area contributed by atoms with Crippen LogP contribution in [0, 0.1) is 6.92 Å². The van der Waals surface area contributed by atoms with E-state index in [0.717, 1.165) is 18.4 Å². The van der Waals surface area contributed by atoms with Crippen molar-refractivity contribution in [2.24, 2.45) is 0 Å². The van der Waals surface area contributed by atoms with Crippen LogP contribution in [-0.4, -0.2) is 16.2 Å². The first-order chi connectivity index (χ1) is 9.25. The van der Waals surface area contributed by atoms with E-state index in [9.17, 15) is 4.79 Å². The second-order valence-electron chi connectivity index (χ2n) is 4.74. The molecule has 2 aromatic heterocycles. The number of carbonyl (C=O) groups excluding carboxylic acids is 1. The lowest BCUT2D eigenvalue weighted by Crippen LogP contribution is -2.24. The molecule has 0 saturated heterocycles. The van der Waals surface area contributed by atoms with Crippen LogP contribution in [0.15, 0.2) is 10.0 Å². The first kappa shape index (κ1) is 12.3. The predicted molar refractivity (Wildman–Crippen MR) is 71.2 cm³/mol. The smallest absolute Gasteiger partial charge is 0.252 e. The van der Waals surface area contributed by atoms with Crippen LogP contribution >= 0.6 is 11.3 Å². The van der Waals surface area contributed by atoms with Gasteiger partial charge in [-0.15, -0.1) is 11.3 Å². The number of carbonyl (C=O) groups is 1. The van der Waals surface area contributed by atoms with Gasteiger partial charge in [0.15, 0.2) is 0 Å². The number of aryl methyl sites for hydroxylation is 2. The van der Waals surface area contributed by atoms with Crippen LogP contribution in [0.4, 0.5) is 0 Å². The van der Waals surface area contributed by atoms with E-state index in [1.807, 2.05) is 12.3 Å². The van der Waals surface area contributed by atoms with Gasteiger partial charge in [-0.2, -0.15) is 0 Å². The lowest BCUT2D eigenvalue weighted by molar-refractivity contribution is 0.0949. The normalized spacial score (nSPS) is 14.2. The number of rotatable bonds is 3. The molecule has 0 saturated carbocycles. The topological polar surface area (TPSA) is 68.0 Å². The maximum atomic E-state index is 12.2. The highest BCUT2D eigenvalue weighted by molar-refractivity contribution is 7.10. The minimum absolute atomic E-state index is 0.0261. The zero-order valence-electron chi connectivity index (χ0n) is 10.7. The molecule has 0 aromatic carbocycles. The van der Waals surface area contributed by atoms with Gasteiger partial charge in [0.1, 0.15) is 11.4 Å². The van der Waals surface area contributed by atoms with Crippen molar-refractivity contribution in [3.05, 3.63) is 32.8 Å². The minimum Gasteiger partial charge on any atom is -0.346 e. The van der Waals surface area contributed by atoms with Gasteiger partial charge in [0, 0.05) is 10.3 Å². The van der Waals surface area contributed by atoms with E-state index >= 15 is 0 Å². The van der Waals surface area contributed by atoms with Crippen molar-refractivity contribution in [1.82, 2.24) is 15.6 Å². The molecule has 0 atom stereocenters. The average molecular weight is 277 g/mol. The van der Waals surface area contributed by atoms with E-state index in [-0.39, 0.29) is 5.91 Å². The number of aromatic nitrogens is 2. The van der Waals surface area contributed by atoms with E-state index in [1.54, 1.807) is 11.3 Å². The van der Waals surface area contributed by atoms with Crippen LogP contribution in [0.2, 0.25) is 0 Å². The van der Waals surface area contributed by atoms with Crippen molar-refractivity contribution in [3.63, 3.8) is 0 Å². The Hall–Kier alpha value is -1.69. The molecular weight excluding hydrogens is 262 g/mol. The number of amides is 1. The second-order valence-corrected chi connectivity index (χ2v) is 5.70. The van der Waals surface area contributed by atoms with Crippen molar-refractivity contribution >= 4 is 17.2 Å². The van der Waals surface area contributed by atoms with Crippen LogP contribution in [0.1, 0.15) is 45.0 Å². The van der Waals surface area contributed by atoms with Gasteiger partial charge in [-0.1, -0.05) is 10.3 Å². The zero-order valence-corrected chi connectivity index (χ0v) is 11.5. The third kappa shape index (κ3) is 2.40. The molecule has 2 heterocycles. The molecular formula is C13H15N3O2S. The van der Waals surface area contributed by atoms with Crippen molar-refractivity contribution < 1.29 is 9.42 Å². The quantitative estimate of drug-likeness (QED) is 0.934. The van der Waals surface area contributed by atoms with Gasteiger partial charge >= 0.3 is 0 Å². The molecule has 1 amide bonds. The van der Waals surface area contributed by atoms with Crippen molar-refractivity contribution in [2.45, 2.75) is 39.2 Å². The van der Waals surface area contributed by atoms with E-state index in [1.165, 1.54) is 23.3 Å². The Morgan fingerprint density at radius 3 is 3.05 bits per heavy atom. The highest BCUT2D eigenvalue weighted by atomic mass is 32.1. The average Bonchev–Trinajstić information content (AvgIpc) is 3.02. The first-order valence-corrected chi connectivity index (χ1v) is 7.29. The van der Waals surface area contributed by atoms with Gasteiger partial charge in [0.2, 0.25) is 0 Å². The molecule has 1 aliphatic carbocycles. The monoisotopic (exact) mass is 277 g/mol. The second kappa shape index (κ2) is 5.13. The van der Waals surface area contributed by atoms with E-state index in [4.69, 9.17) is 0 Å². The van der Waals surface area contributed by atoms with Gasteiger partial charge in [-0.3, -0.25) is 4.79 Å². The van der Waals surface area contributed by atoms with Crippen molar-refractivity contribution in [1.29, 1.82) is 0 Å². The molecule has 19 heavy (non-hydrogen) atoms. The predicted octanol–water partition coefficient (Wildman–Crippen LogP) is 2.25. The summed E-state index contributed by atoms with van der Waals surface area (Å²) in [6, 6.07) is 0. The third-order valence-electron chi connectivity index (χ3n) is 3.47. The molecule has 0 spiro atoms. The number of thiophene rings is 1. The van der Waals surface area contributed by atoms with Crippen LogP contribution < -0.4 is 5.32 Å². The summed E-state index contributed by atoms with van der Waals surface area (Å²) in [5.74, 6) is -0.0261. The van der Waals surface area contributed by atoms with Gasteiger partial charge in [0.05, 0.1) is 12.1 Å². The molecule has 0 fully saturated rings. The number of hydrogen-bond acceptors (Lipinski definition) is 5. The van der Waals surface area contributed by atoms with Crippen molar-refractivity contribution in [2.75, 3.05) is 0 Å². The summed E-state index contributed by atoms with van der Waals surface area (Å²) >= 11 is 1.70. The molecule has 2 aromatic rings. The molecule has 3 rings (SSSR count). The SMILES string of the molecule is Cc1nonc1CNC(=O)c1csc2c1CCCC2. The summed E-state index contributed by atoms with van der Waals surface area (Å²) in [7, 11) is 0. The Labute approximate surface area is 115 Å². The largest absolute Gasteiger partial charge is 0.346 e. The molecule has 0 unspecified atom stereocenters. The molecule has 0 aliphatic heterocycles. The Bertz CT molecular complexity index is 603. The van der Waals surface area contributed by atoms with Gasteiger partial charge in [-0.05, 0) is 38.2 Å². The summed E-state index contributed by atoms with van der Waals surface area (Å²) in [6.07, 6.45) is 4.54. The fourth-order valence-electron chi connectivity index (χ4n) is 2.35. The standard InChI is InChI=1S/C13H15N3O2S/c1-8-11(16-18-15-8)6-14-13(17)10-7-19-12-5-3-2-4-9(10)12/h7H,2-6H2,1H3,(H,14,17). The third-order valence-corrected chi connectivity index (χ3v) is 4.56. The summed E-state index contributed by atoms with van der Waals surface area (Å²) < 4.78 is 4.61. The van der Waals surface area contributed by atoms with Crippen LogP contribution in [0.25, 0.3) is 0 Å². The summed E-state index contributed by atoms with van der Waals surface area (Å²) in [4.78, 5) is 13.6. The number of nitrogens with one attached hydrogen (secondary N) is 1. The van der Waals surface area contributed by atoms with Crippen LogP contribution in [0.5, 0.6) is 0 Å². The highest BCUT2D eigenvalue weighted by Crippen LogP contribution is 2.30. The van der Waals surface area contributed by atoms with E-state index < -0.39 is 0 Å². The minimum atomic E-state index is -0.0261. The first-order valence-electron chi connectivity index (χ1n) is 6.41. The number of hydrogen-bond donors (Lipinski definition) is 1. The zero-order chi connectivity index (χ0) is 13.2. The lowest BCUT2D eigenvalue weighted by Gasteiger charge is -2.12. The molecule has 0 radical (unpaired) electrons. The Morgan fingerprint density at radius 1 is 1.42 bits per heavy atom. The Morgan fingerprint density at radius 2 is 2.26 bits per heavy atom. The molecule has 5 nitrogen and oxygen atoms in total. The summed E-state index contributed by atoms with van der Waals surface area (Å²) in [5, 5.41) is 12.3. The van der Waals surface area contributed by atoms with Gasteiger partial charge in [-0.25, -0.2) is 4.63 Å². The van der Waals surface area contributed by atoms with E-state index in [0.29, 0.717) is 17.9 Å². The van der Waals surface area contributed by atoms with Crippen LogP contribution in [-0.2, 0) is 19.4 Å². The maximum Gasteiger partial charge on any atom is 0.252 e. The fourth-order valence-corrected chi connectivity index (χ4v) is 3.48. The number of fused-ring (bicyclic) bond motifs is 1. The lowest BCUT2D eigenvalue weighted by atomic mass is 9.95. The van der Waals surface area contributed by atoms with E-state index in [2.05, 4.69) is 20.3 Å². The van der Waals surface area contributed by atoms with Crippen LogP contribution in [0.3, 0.4) is 0 Å². The molecule has 100 valence electrons. The summed E-state index contributed by atoms with van der Waals surface area (Å²) in [5.41, 5.74) is 3.46. The number of nitrogens with zero attached hydrogens (tertiary/aromatic N) is 2. The molecule has 0 bridgehead atoms. The van der Waals surface area contributed by atoms with Gasteiger partial charge < -0.3 is 5.32 Å². The molecule has 1 aliphatic rings. The fraction of sp³-hybridized carbons (Fsp3) is 0.462.